The first kappa shape index (κ1) is 22.8. The van der Waals surface area contributed by atoms with Gasteiger partial charge in [-0.25, -0.2) is 9.82 Å². The molecule has 0 atom stereocenters. The molecular formula is C23H19ClFN3O4. The molecule has 9 heteroatoms. The maximum Gasteiger partial charge on any atom is 0.329 e. The van der Waals surface area contributed by atoms with Crippen molar-refractivity contribution >= 4 is 35.3 Å². The molecule has 32 heavy (non-hydrogen) atoms. The van der Waals surface area contributed by atoms with Gasteiger partial charge >= 0.3 is 11.8 Å². The van der Waals surface area contributed by atoms with Crippen molar-refractivity contribution < 1.29 is 23.5 Å². The fourth-order valence-electron chi connectivity index (χ4n) is 2.65. The highest BCUT2D eigenvalue weighted by Gasteiger charge is 2.14. The first-order valence-electron chi connectivity index (χ1n) is 9.40. The number of rotatable bonds is 7. The minimum atomic E-state index is -0.960. The van der Waals surface area contributed by atoms with Crippen molar-refractivity contribution in [1.29, 1.82) is 0 Å². The van der Waals surface area contributed by atoms with Gasteiger partial charge in [0.05, 0.1) is 13.3 Å². The summed E-state index contributed by atoms with van der Waals surface area (Å²) in [6, 6.07) is 17.4. The minimum absolute atomic E-state index is 0.163. The minimum Gasteiger partial charge on any atom is -0.493 e. The Balaban J connectivity index is 1.65. The lowest BCUT2D eigenvalue weighted by Gasteiger charge is -2.13. The Hall–Kier alpha value is -3.91. The molecule has 7 nitrogen and oxygen atoms in total. The highest BCUT2D eigenvalue weighted by atomic mass is 35.5. The molecule has 0 saturated heterocycles. The third-order valence-electron chi connectivity index (χ3n) is 4.18. The maximum absolute atomic E-state index is 13.1. The van der Waals surface area contributed by atoms with Crippen LogP contribution in [0.2, 0.25) is 5.02 Å². The van der Waals surface area contributed by atoms with E-state index < -0.39 is 11.8 Å². The molecule has 0 fully saturated rings. The second-order valence-corrected chi connectivity index (χ2v) is 6.89. The number of halogens is 2. The van der Waals surface area contributed by atoms with Crippen LogP contribution in [0.3, 0.4) is 0 Å². The average Bonchev–Trinajstić information content (AvgIpc) is 2.79. The fraction of sp³-hybridized carbons (Fsp3) is 0.0870. The van der Waals surface area contributed by atoms with Crippen LogP contribution >= 0.6 is 11.6 Å². The summed E-state index contributed by atoms with van der Waals surface area (Å²) in [6.07, 6.45) is 1.33. The SMILES string of the molecule is COc1cccc(/C=N\NC(=O)C(=O)Nc2cccc(Cl)c2)c1OCc1ccc(F)cc1. The summed E-state index contributed by atoms with van der Waals surface area (Å²) in [5.41, 5.74) is 3.80. The number of ether oxygens (including phenoxy) is 2. The molecule has 0 aliphatic heterocycles. The maximum atomic E-state index is 13.1. The van der Waals surface area contributed by atoms with Crippen molar-refractivity contribution in [3.63, 3.8) is 0 Å². The molecule has 3 aromatic rings. The number of para-hydroxylation sites is 1. The monoisotopic (exact) mass is 455 g/mol. The first-order valence-corrected chi connectivity index (χ1v) is 9.78. The molecule has 0 bridgehead atoms. The topological polar surface area (TPSA) is 89.0 Å². The number of benzene rings is 3. The number of nitrogens with zero attached hydrogens (tertiary/aromatic N) is 1. The molecule has 0 radical (unpaired) electrons. The Morgan fingerprint density at radius 2 is 1.81 bits per heavy atom. The molecular weight excluding hydrogens is 437 g/mol. The first-order chi connectivity index (χ1) is 15.5. The number of carbonyl (C=O) groups excluding carboxylic acids is 2. The molecule has 164 valence electrons. The number of carbonyl (C=O) groups is 2. The number of methoxy groups -OCH3 is 1. The van der Waals surface area contributed by atoms with Crippen LogP contribution in [0.15, 0.2) is 71.8 Å². The molecule has 0 unspecified atom stereocenters. The van der Waals surface area contributed by atoms with E-state index in [4.69, 9.17) is 21.1 Å². The van der Waals surface area contributed by atoms with E-state index in [1.165, 1.54) is 31.5 Å². The number of nitrogens with one attached hydrogen (secondary N) is 2. The summed E-state index contributed by atoms with van der Waals surface area (Å²) in [4.78, 5) is 24.0. The van der Waals surface area contributed by atoms with E-state index in [0.717, 1.165) is 5.56 Å². The van der Waals surface area contributed by atoms with Gasteiger partial charge in [0.15, 0.2) is 11.5 Å². The van der Waals surface area contributed by atoms with E-state index >= 15 is 0 Å². The van der Waals surface area contributed by atoms with Crippen molar-refractivity contribution in [3.8, 4) is 11.5 Å². The van der Waals surface area contributed by atoms with Crippen LogP contribution in [-0.2, 0) is 16.2 Å². The Labute approximate surface area is 188 Å². The zero-order valence-corrected chi connectivity index (χ0v) is 17.7. The number of hydrogen-bond acceptors (Lipinski definition) is 5. The molecule has 0 aromatic heterocycles. The van der Waals surface area contributed by atoms with E-state index in [2.05, 4.69) is 15.8 Å². The number of amides is 2. The predicted molar refractivity (Wildman–Crippen MR) is 120 cm³/mol. The molecule has 0 saturated carbocycles. The van der Waals surface area contributed by atoms with Gasteiger partial charge in [-0.3, -0.25) is 9.59 Å². The zero-order chi connectivity index (χ0) is 22.9. The van der Waals surface area contributed by atoms with Gasteiger partial charge in [0.1, 0.15) is 12.4 Å². The largest absolute Gasteiger partial charge is 0.493 e. The lowest BCUT2D eigenvalue weighted by atomic mass is 10.2. The van der Waals surface area contributed by atoms with Crippen molar-refractivity contribution in [2.24, 2.45) is 5.10 Å². The number of hydrogen-bond donors (Lipinski definition) is 2. The average molecular weight is 456 g/mol. The third kappa shape index (κ3) is 6.29. The van der Waals surface area contributed by atoms with Gasteiger partial charge in [-0.15, -0.1) is 0 Å². The van der Waals surface area contributed by atoms with Crippen molar-refractivity contribution in [2.45, 2.75) is 6.61 Å². The second kappa shape index (κ2) is 10.9. The Morgan fingerprint density at radius 1 is 1.06 bits per heavy atom. The van der Waals surface area contributed by atoms with E-state index in [0.29, 0.717) is 27.8 Å². The fourth-order valence-corrected chi connectivity index (χ4v) is 2.84. The predicted octanol–water partition coefficient (Wildman–Crippen LogP) is 4.16. The van der Waals surface area contributed by atoms with E-state index in [1.807, 2.05) is 0 Å². The summed E-state index contributed by atoms with van der Waals surface area (Å²) < 4.78 is 24.3. The normalized spacial score (nSPS) is 10.6. The molecule has 3 aromatic carbocycles. The highest BCUT2D eigenvalue weighted by Crippen LogP contribution is 2.30. The zero-order valence-electron chi connectivity index (χ0n) is 17.0. The van der Waals surface area contributed by atoms with Crippen LogP contribution in [0.4, 0.5) is 10.1 Å². The molecule has 0 spiro atoms. The van der Waals surface area contributed by atoms with Gasteiger partial charge in [-0.05, 0) is 48.0 Å². The van der Waals surface area contributed by atoms with Crippen molar-refractivity contribution in [3.05, 3.63) is 88.7 Å². The quantitative estimate of drug-likeness (QED) is 0.318. The van der Waals surface area contributed by atoms with Crippen LogP contribution in [0.25, 0.3) is 0 Å². The summed E-state index contributed by atoms with van der Waals surface area (Å²) in [5, 5.41) is 6.67. The van der Waals surface area contributed by atoms with Gasteiger partial charge in [0, 0.05) is 16.3 Å². The summed E-state index contributed by atoms with van der Waals surface area (Å²) in [6.45, 7) is 0.163. The highest BCUT2D eigenvalue weighted by molar-refractivity contribution is 6.39. The van der Waals surface area contributed by atoms with E-state index in [1.54, 1.807) is 48.5 Å². The van der Waals surface area contributed by atoms with Gasteiger partial charge in [0.2, 0.25) is 0 Å². The van der Waals surface area contributed by atoms with Gasteiger partial charge in [-0.2, -0.15) is 5.10 Å². The third-order valence-corrected chi connectivity index (χ3v) is 4.42. The van der Waals surface area contributed by atoms with Gasteiger partial charge < -0.3 is 14.8 Å². The number of anilines is 1. The lowest BCUT2D eigenvalue weighted by Crippen LogP contribution is -2.32. The Bertz CT molecular complexity index is 1140. The van der Waals surface area contributed by atoms with Crippen LogP contribution in [0.1, 0.15) is 11.1 Å². The van der Waals surface area contributed by atoms with Crippen molar-refractivity contribution in [2.75, 3.05) is 12.4 Å². The van der Waals surface area contributed by atoms with Crippen LogP contribution in [0, 0.1) is 5.82 Å². The van der Waals surface area contributed by atoms with Gasteiger partial charge in [-0.1, -0.05) is 35.9 Å². The molecule has 0 aliphatic rings. The van der Waals surface area contributed by atoms with Crippen LogP contribution in [-0.4, -0.2) is 25.1 Å². The van der Waals surface area contributed by atoms with Gasteiger partial charge in [0.25, 0.3) is 0 Å². The number of hydrazone groups is 1. The standard InChI is InChI=1S/C23H19ClFN3O4/c1-31-20-7-2-4-16(21(20)32-14-15-8-10-18(25)11-9-15)13-26-28-23(30)22(29)27-19-6-3-5-17(24)12-19/h2-13H,14H2,1H3,(H,27,29)(H,28,30)/b26-13-. The molecule has 3 rings (SSSR count). The van der Waals surface area contributed by atoms with Crippen LogP contribution in [0.5, 0.6) is 11.5 Å². The molecule has 0 aliphatic carbocycles. The molecule has 0 heterocycles. The van der Waals surface area contributed by atoms with Crippen LogP contribution < -0.4 is 20.2 Å². The smallest absolute Gasteiger partial charge is 0.329 e. The molecule has 2 amide bonds. The van der Waals surface area contributed by atoms with E-state index in [9.17, 15) is 14.0 Å². The second-order valence-electron chi connectivity index (χ2n) is 6.46. The Kier molecular flexibility index (Phi) is 7.77. The molecule has 2 N–H and O–H groups in total. The lowest BCUT2D eigenvalue weighted by molar-refractivity contribution is -0.136. The van der Waals surface area contributed by atoms with Crippen molar-refractivity contribution in [1.82, 2.24) is 5.43 Å². The van der Waals surface area contributed by atoms with E-state index in [-0.39, 0.29) is 12.4 Å². The Morgan fingerprint density at radius 3 is 2.53 bits per heavy atom. The summed E-state index contributed by atoms with van der Waals surface area (Å²) >= 11 is 5.86. The summed E-state index contributed by atoms with van der Waals surface area (Å²) in [7, 11) is 1.49. The summed E-state index contributed by atoms with van der Waals surface area (Å²) in [5.74, 6) is -1.38.